The molecule has 0 fully saturated rings. The molecule has 0 saturated heterocycles. The van der Waals surface area contributed by atoms with Gasteiger partial charge in [0.2, 0.25) is 0 Å². The first-order valence-corrected chi connectivity index (χ1v) is 5.51. The third-order valence-electron chi connectivity index (χ3n) is 2.10. The molecule has 0 saturated carbocycles. The summed E-state index contributed by atoms with van der Waals surface area (Å²) in [5.74, 6) is -0.131. The summed E-state index contributed by atoms with van der Waals surface area (Å²) in [7, 11) is 0. The number of amides is 1. The third-order valence-corrected chi connectivity index (χ3v) is 2.72. The van der Waals surface area contributed by atoms with Crippen molar-refractivity contribution in [2.45, 2.75) is 20.0 Å². The van der Waals surface area contributed by atoms with Crippen LogP contribution in [0.25, 0.3) is 0 Å². The second-order valence-corrected chi connectivity index (χ2v) is 4.35. The van der Waals surface area contributed by atoms with E-state index in [0.717, 1.165) is 0 Å². The maximum atomic E-state index is 11.5. The van der Waals surface area contributed by atoms with Crippen LogP contribution in [0.3, 0.4) is 0 Å². The maximum absolute atomic E-state index is 11.5. The zero-order chi connectivity index (χ0) is 11.4. The van der Waals surface area contributed by atoms with Crippen molar-refractivity contribution >= 4 is 21.8 Å². The van der Waals surface area contributed by atoms with E-state index in [1.54, 1.807) is 6.07 Å². The second kappa shape index (κ2) is 5.32. The van der Waals surface area contributed by atoms with Gasteiger partial charge in [0.05, 0.1) is 17.9 Å². The second-order valence-electron chi connectivity index (χ2n) is 3.63. The van der Waals surface area contributed by atoms with E-state index in [0.29, 0.717) is 10.2 Å². The number of carbonyl (C=O) groups is 1. The fraction of sp³-hybridized carbons (Fsp3) is 0.500. The van der Waals surface area contributed by atoms with Gasteiger partial charge in [0.1, 0.15) is 0 Å². The topological polar surface area (TPSA) is 62.5 Å². The molecule has 1 unspecified atom stereocenters. The van der Waals surface area contributed by atoms with E-state index in [1.165, 1.54) is 6.26 Å². The number of hydrogen-bond acceptors (Lipinski definition) is 3. The monoisotopic (exact) mass is 275 g/mol. The van der Waals surface area contributed by atoms with Crippen molar-refractivity contribution in [1.29, 1.82) is 0 Å². The normalized spacial score (nSPS) is 12.9. The minimum absolute atomic E-state index is 0.123. The predicted octanol–water partition coefficient (Wildman–Crippen LogP) is 1.79. The van der Waals surface area contributed by atoms with Crippen LogP contribution in [-0.4, -0.2) is 23.7 Å². The fourth-order valence-corrected chi connectivity index (χ4v) is 1.40. The first kappa shape index (κ1) is 12.3. The lowest BCUT2D eigenvalue weighted by Crippen LogP contribution is -2.34. The summed E-state index contributed by atoms with van der Waals surface area (Å²) in [6, 6.07) is 1.57. The highest BCUT2D eigenvalue weighted by Gasteiger charge is 2.15. The number of carbonyl (C=O) groups excluding carboxylic acids is 1. The lowest BCUT2D eigenvalue weighted by molar-refractivity contribution is 0.0870. The van der Waals surface area contributed by atoms with E-state index in [1.807, 2.05) is 13.8 Å². The van der Waals surface area contributed by atoms with Crippen LogP contribution < -0.4 is 5.32 Å². The number of aliphatic hydroxyl groups is 1. The molecule has 0 aromatic carbocycles. The molecule has 15 heavy (non-hydrogen) atoms. The Morgan fingerprint density at radius 2 is 2.33 bits per heavy atom. The number of nitrogens with one attached hydrogen (secondary N) is 1. The molecule has 1 amide bonds. The number of aliphatic hydroxyl groups excluding tert-OH is 1. The smallest absolute Gasteiger partial charge is 0.255 e. The molecule has 0 aliphatic rings. The van der Waals surface area contributed by atoms with E-state index in [4.69, 9.17) is 4.42 Å². The van der Waals surface area contributed by atoms with Gasteiger partial charge in [0.15, 0.2) is 4.67 Å². The molecule has 0 aliphatic carbocycles. The zero-order valence-electron chi connectivity index (χ0n) is 8.66. The number of furan rings is 1. The minimum Gasteiger partial charge on any atom is -0.457 e. The van der Waals surface area contributed by atoms with Crippen molar-refractivity contribution in [2.24, 2.45) is 5.92 Å². The van der Waals surface area contributed by atoms with E-state index >= 15 is 0 Å². The average molecular weight is 276 g/mol. The van der Waals surface area contributed by atoms with Gasteiger partial charge in [-0.3, -0.25) is 4.79 Å². The Balaban J connectivity index is 2.47. The van der Waals surface area contributed by atoms with Crippen LogP contribution >= 0.6 is 15.9 Å². The number of halogens is 1. The summed E-state index contributed by atoms with van der Waals surface area (Å²) < 4.78 is 5.34. The van der Waals surface area contributed by atoms with E-state index in [-0.39, 0.29) is 18.4 Å². The molecule has 0 radical (unpaired) electrons. The first-order chi connectivity index (χ1) is 7.02. The molecule has 0 bridgehead atoms. The van der Waals surface area contributed by atoms with Crippen LogP contribution in [0.15, 0.2) is 21.4 Å². The predicted molar refractivity (Wildman–Crippen MR) is 59.6 cm³/mol. The largest absolute Gasteiger partial charge is 0.457 e. The summed E-state index contributed by atoms with van der Waals surface area (Å²) in [5, 5.41) is 12.1. The lowest BCUT2D eigenvalue weighted by Gasteiger charge is -2.14. The number of hydrogen-bond donors (Lipinski definition) is 2. The van der Waals surface area contributed by atoms with Crippen LogP contribution in [0.2, 0.25) is 0 Å². The molecule has 5 heteroatoms. The SMILES string of the molecule is CC(C)C(O)CNC(=O)c1ccoc1Br. The molecule has 0 aliphatic heterocycles. The summed E-state index contributed by atoms with van der Waals surface area (Å²) in [4.78, 5) is 11.5. The Labute approximate surface area is 96.8 Å². The van der Waals surface area contributed by atoms with Gasteiger partial charge in [-0.05, 0) is 27.9 Å². The molecule has 4 nitrogen and oxygen atoms in total. The summed E-state index contributed by atoms with van der Waals surface area (Å²) in [6.07, 6.45) is 0.900. The average Bonchev–Trinajstić information content (AvgIpc) is 2.60. The summed E-state index contributed by atoms with van der Waals surface area (Å²) in [5.41, 5.74) is 0.436. The van der Waals surface area contributed by atoms with Crippen molar-refractivity contribution in [2.75, 3.05) is 6.54 Å². The van der Waals surface area contributed by atoms with Crippen LogP contribution in [-0.2, 0) is 0 Å². The fourth-order valence-electron chi connectivity index (χ4n) is 0.984. The first-order valence-electron chi connectivity index (χ1n) is 4.71. The van der Waals surface area contributed by atoms with Gasteiger partial charge in [0.25, 0.3) is 5.91 Å². The zero-order valence-corrected chi connectivity index (χ0v) is 10.2. The van der Waals surface area contributed by atoms with E-state index < -0.39 is 6.10 Å². The van der Waals surface area contributed by atoms with Crippen molar-refractivity contribution in [3.63, 3.8) is 0 Å². The Kier molecular flexibility index (Phi) is 4.35. The molecule has 0 spiro atoms. The van der Waals surface area contributed by atoms with Crippen molar-refractivity contribution in [3.8, 4) is 0 Å². The molecule has 84 valence electrons. The van der Waals surface area contributed by atoms with Crippen LogP contribution in [0, 0.1) is 5.92 Å². The van der Waals surface area contributed by atoms with Crippen LogP contribution in [0.1, 0.15) is 24.2 Å². The van der Waals surface area contributed by atoms with Crippen molar-refractivity contribution in [3.05, 3.63) is 22.6 Å². The molecule has 1 rings (SSSR count). The van der Waals surface area contributed by atoms with Gasteiger partial charge in [-0.25, -0.2) is 0 Å². The quantitative estimate of drug-likeness (QED) is 0.881. The minimum atomic E-state index is -0.528. The lowest BCUT2D eigenvalue weighted by atomic mass is 10.1. The number of rotatable bonds is 4. The maximum Gasteiger partial charge on any atom is 0.255 e. The van der Waals surface area contributed by atoms with Gasteiger partial charge in [0, 0.05) is 6.54 Å². The molecular formula is C10H14BrNO3. The Hall–Kier alpha value is -0.810. The summed E-state index contributed by atoms with van der Waals surface area (Å²) >= 11 is 3.11. The van der Waals surface area contributed by atoms with E-state index in [9.17, 15) is 9.90 Å². The summed E-state index contributed by atoms with van der Waals surface area (Å²) in [6.45, 7) is 4.03. The Morgan fingerprint density at radius 3 is 2.80 bits per heavy atom. The molecule has 1 atom stereocenters. The Morgan fingerprint density at radius 1 is 1.67 bits per heavy atom. The van der Waals surface area contributed by atoms with Crippen LogP contribution in [0.5, 0.6) is 0 Å². The third kappa shape index (κ3) is 3.35. The highest BCUT2D eigenvalue weighted by atomic mass is 79.9. The molecular weight excluding hydrogens is 262 g/mol. The Bertz CT molecular complexity index is 335. The highest BCUT2D eigenvalue weighted by molar-refractivity contribution is 9.10. The van der Waals surface area contributed by atoms with E-state index in [2.05, 4.69) is 21.2 Å². The highest BCUT2D eigenvalue weighted by Crippen LogP contribution is 2.17. The molecule has 1 aromatic rings. The molecule has 1 aromatic heterocycles. The van der Waals surface area contributed by atoms with Crippen molar-refractivity contribution < 1.29 is 14.3 Å². The van der Waals surface area contributed by atoms with Crippen LogP contribution in [0.4, 0.5) is 0 Å². The molecule has 2 N–H and O–H groups in total. The molecule has 1 heterocycles. The van der Waals surface area contributed by atoms with Gasteiger partial charge in [-0.15, -0.1) is 0 Å². The van der Waals surface area contributed by atoms with Gasteiger partial charge >= 0.3 is 0 Å². The van der Waals surface area contributed by atoms with Gasteiger partial charge in [-0.1, -0.05) is 13.8 Å². The van der Waals surface area contributed by atoms with Crippen molar-refractivity contribution in [1.82, 2.24) is 5.32 Å². The van der Waals surface area contributed by atoms with Gasteiger partial charge in [-0.2, -0.15) is 0 Å². The standard InChI is InChI=1S/C10H14BrNO3/c1-6(2)8(13)5-12-10(14)7-3-4-15-9(7)11/h3-4,6,8,13H,5H2,1-2H3,(H,12,14). The van der Waals surface area contributed by atoms with Gasteiger partial charge < -0.3 is 14.8 Å².